The summed E-state index contributed by atoms with van der Waals surface area (Å²) in [5, 5.41) is 13.0. The standard InChI is InChI=1S/C21H18F3N7O2S/c22-21(23,24)34-15-5-1-11(2-6-15)9-25-19-29-17-13(7-12-8-16(32)28-18(12)33)10-26-31(17)20(30-19)27-14-3-4-14/h1-2,5-7,10,14H,3-4,8-9H2,(H,28,32,33)(H2,25,27,29,30)/b12-7+. The van der Waals surface area contributed by atoms with Crippen molar-refractivity contribution in [1.82, 2.24) is 24.9 Å². The number of amides is 2. The minimum Gasteiger partial charge on any atom is -0.351 e. The van der Waals surface area contributed by atoms with E-state index in [0.29, 0.717) is 22.7 Å². The molecule has 2 aromatic heterocycles. The molecule has 2 aliphatic rings. The van der Waals surface area contributed by atoms with Crippen molar-refractivity contribution < 1.29 is 22.8 Å². The van der Waals surface area contributed by atoms with Gasteiger partial charge in [0.15, 0.2) is 5.65 Å². The summed E-state index contributed by atoms with van der Waals surface area (Å²) in [7, 11) is 0. The lowest BCUT2D eigenvalue weighted by Crippen LogP contribution is -2.19. The summed E-state index contributed by atoms with van der Waals surface area (Å²) in [5.41, 5.74) is -2.27. The fourth-order valence-corrected chi connectivity index (χ4v) is 3.92. The molecule has 1 aliphatic carbocycles. The molecule has 9 nitrogen and oxygen atoms in total. The number of hydrogen-bond acceptors (Lipinski definition) is 8. The second-order valence-electron chi connectivity index (χ2n) is 7.89. The average Bonchev–Trinajstić information content (AvgIpc) is 3.40. The van der Waals surface area contributed by atoms with Crippen LogP contribution in [0.5, 0.6) is 0 Å². The largest absolute Gasteiger partial charge is 0.446 e. The number of halogens is 3. The zero-order chi connectivity index (χ0) is 23.9. The SMILES string of the molecule is O=C1C/C(=C\c2cnn3c(NC4CC4)nc(NCc4ccc(SC(F)(F)F)cc4)nc23)C(=O)N1. The van der Waals surface area contributed by atoms with E-state index in [1.165, 1.54) is 16.6 Å². The molecule has 176 valence electrons. The molecule has 2 amide bonds. The molecular formula is C21H18F3N7O2S. The molecule has 2 fully saturated rings. The topological polar surface area (TPSA) is 113 Å². The van der Waals surface area contributed by atoms with E-state index in [9.17, 15) is 22.8 Å². The molecule has 0 spiro atoms. The van der Waals surface area contributed by atoms with Crippen LogP contribution in [0.1, 0.15) is 30.4 Å². The second-order valence-corrected chi connectivity index (χ2v) is 9.03. The highest BCUT2D eigenvalue weighted by Gasteiger charge is 2.29. The number of carbonyl (C=O) groups excluding carboxylic acids is 2. The van der Waals surface area contributed by atoms with Gasteiger partial charge in [0.25, 0.3) is 5.91 Å². The van der Waals surface area contributed by atoms with Gasteiger partial charge in [0.1, 0.15) is 0 Å². The summed E-state index contributed by atoms with van der Waals surface area (Å²) in [6.07, 6.45) is 5.14. The molecule has 0 bridgehead atoms. The Kier molecular flexibility index (Phi) is 5.63. The van der Waals surface area contributed by atoms with Crippen LogP contribution < -0.4 is 16.0 Å². The lowest BCUT2D eigenvalue weighted by molar-refractivity contribution is -0.124. The van der Waals surface area contributed by atoms with Crippen LogP contribution in [-0.4, -0.2) is 42.9 Å². The highest BCUT2D eigenvalue weighted by molar-refractivity contribution is 8.00. The first-order chi connectivity index (χ1) is 16.2. The Morgan fingerprint density at radius 3 is 2.59 bits per heavy atom. The Morgan fingerprint density at radius 1 is 1.18 bits per heavy atom. The molecule has 1 saturated heterocycles. The van der Waals surface area contributed by atoms with Gasteiger partial charge >= 0.3 is 5.51 Å². The normalized spacial score (nSPS) is 17.4. The maximum Gasteiger partial charge on any atom is 0.446 e. The lowest BCUT2D eigenvalue weighted by Gasteiger charge is -2.11. The van der Waals surface area contributed by atoms with Crippen LogP contribution in [0, 0.1) is 0 Å². The van der Waals surface area contributed by atoms with Crippen LogP contribution >= 0.6 is 11.8 Å². The number of nitrogens with zero attached hydrogens (tertiary/aromatic N) is 4. The van der Waals surface area contributed by atoms with Gasteiger partial charge in [-0.2, -0.15) is 32.8 Å². The second kappa shape index (κ2) is 8.63. The van der Waals surface area contributed by atoms with Gasteiger partial charge in [-0.25, -0.2) is 0 Å². The van der Waals surface area contributed by atoms with E-state index in [4.69, 9.17) is 0 Å². The fraction of sp³-hybridized carbons (Fsp3) is 0.286. The Labute approximate surface area is 195 Å². The number of nitrogens with one attached hydrogen (secondary N) is 3. The first kappa shape index (κ1) is 22.2. The number of hydrogen-bond donors (Lipinski definition) is 3. The highest BCUT2D eigenvalue weighted by atomic mass is 32.2. The van der Waals surface area contributed by atoms with E-state index in [2.05, 4.69) is 31.0 Å². The molecule has 1 aliphatic heterocycles. The average molecular weight is 489 g/mol. The van der Waals surface area contributed by atoms with E-state index in [1.807, 2.05) is 0 Å². The van der Waals surface area contributed by atoms with Crippen molar-refractivity contribution in [3.05, 3.63) is 47.2 Å². The molecular weight excluding hydrogens is 471 g/mol. The molecule has 3 heterocycles. The monoisotopic (exact) mass is 489 g/mol. The summed E-state index contributed by atoms with van der Waals surface area (Å²) in [6, 6.07) is 6.32. The molecule has 0 radical (unpaired) electrons. The van der Waals surface area contributed by atoms with Gasteiger partial charge in [-0.15, -0.1) is 0 Å². The van der Waals surface area contributed by atoms with Crippen LogP contribution in [-0.2, 0) is 16.1 Å². The van der Waals surface area contributed by atoms with Crippen LogP contribution in [0.25, 0.3) is 11.7 Å². The molecule has 34 heavy (non-hydrogen) atoms. The van der Waals surface area contributed by atoms with E-state index in [0.717, 1.165) is 18.4 Å². The van der Waals surface area contributed by atoms with Crippen molar-refractivity contribution in [3.8, 4) is 0 Å². The maximum absolute atomic E-state index is 12.5. The number of thioether (sulfide) groups is 1. The van der Waals surface area contributed by atoms with Gasteiger partial charge in [0, 0.05) is 28.6 Å². The lowest BCUT2D eigenvalue weighted by atomic mass is 10.1. The smallest absolute Gasteiger partial charge is 0.351 e. The molecule has 0 unspecified atom stereocenters. The molecule has 0 atom stereocenters. The third kappa shape index (κ3) is 5.14. The summed E-state index contributed by atoms with van der Waals surface area (Å²) >= 11 is -0.163. The van der Waals surface area contributed by atoms with E-state index < -0.39 is 11.4 Å². The Bertz CT molecular complexity index is 1300. The summed E-state index contributed by atoms with van der Waals surface area (Å²) in [5.74, 6) is -0.0410. The minimum absolute atomic E-state index is 0.0117. The van der Waals surface area contributed by atoms with Crippen LogP contribution in [0.2, 0.25) is 0 Å². The molecule has 1 saturated carbocycles. The third-order valence-electron chi connectivity index (χ3n) is 5.14. The van der Waals surface area contributed by atoms with Crippen LogP contribution in [0.3, 0.4) is 0 Å². The van der Waals surface area contributed by atoms with Gasteiger partial charge < -0.3 is 10.6 Å². The summed E-state index contributed by atoms with van der Waals surface area (Å²) < 4.78 is 39.1. The number of carbonyl (C=O) groups is 2. The number of rotatable bonds is 7. The van der Waals surface area contributed by atoms with Gasteiger partial charge in [0.2, 0.25) is 17.8 Å². The number of imide groups is 1. The maximum atomic E-state index is 12.5. The Balaban J connectivity index is 1.40. The minimum atomic E-state index is -4.33. The Morgan fingerprint density at radius 2 is 1.94 bits per heavy atom. The fourth-order valence-electron chi connectivity index (χ4n) is 3.38. The van der Waals surface area contributed by atoms with Crippen molar-refractivity contribution >= 4 is 47.2 Å². The van der Waals surface area contributed by atoms with Gasteiger partial charge in [-0.05, 0) is 48.4 Å². The number of fused-ring (bicyclic) bond motifs is 1. The summed E-state index contributed by atoms with van der Waals surface area (Å²) in [4.78, 5) is 32.6. The highest BCUT2D eigenvalue weighted by Crippen LogP contribution is 2.36. The van der Waals surface area contributed by atoms with Crippen molar-refractivity contribution in [2.75, 3.05) is 10.6 Å². The molecule has 5 rings (SSSR count). The number of alkyl halides is 3. The predicted octanol–water partition coefficient (Wildman–Crippen LogP) is 3.35. The molecule has 1 aromatic carbocycles. The van der Waals surface area contributed by atoms with Crippen molar-refractivity contribution in [1.29, 1.82) is 0 Å². The van der Waals surface area contributed by atoms with Crippen molar-refractivity contribution in [2.45, 2.75) is 42.3 Å². The first-order valence-electron chi connectivity index (χ1n) is 10.4. The Hall–Kier alpha value is -3.61. The van der Waals surface area contributed by atoms with Crippen LogP contribution in [0.15, 0.2) is 40.9 Å². The van der Waals surface area contributed by atoms with Crippen LogP contribution in [0.4, 0.5) is 25.1 Å². The third-order valence-corrected chi connectivity index (χ3v) is 5.88. The number of aromatic nitrogens is 4. The first-order valence-corrected chi connectivity index (χ1v) is 11.2. The predicted molar refractivity (Wildman–Crippen MR) is 119 cm³/mol. The zero-order valence-corrected chi connectivity index (χ0v) is 18.3. The number of anilines is 2. The van der Waals surface area contributed by atoms with Crippen molar-refractivity contribution in [2.24, 2.45) is 0 Å². The zero-order valence-electron chi connectivity index (χ0n) is 17.5. The van der Waals surface area contributed by atoms with E-state index in [1.54, 1.807) is 24.4 Å². The van der Waals surface area contributed by atoms with Gasteiger partial charge in [-0.1, -0.05) is 12.1 Å². The number of benzene rings is 1. The molecule has 3 aromatic rings. The summed E-state index contributed by atoms with van der Waals surface area (Å²) in [6.45, 7) is 0.289. The molecule has 3 N–H and O–H groups in total. The van der Waals surface area contributed by atoms with Crippen molar-refractivity contribution in [3.63, 3.8) is 0 Å². The van der Waals surface area contributed by atoms with Gasteiger partial charge in [-0.3, -0.25) is 14.9 Å². The molecule has 13 heteroatoms. The van der Waals surface area contributed by atoms with E-state index in [-0.39, 0.29) is 47.5 Å². The van der Waals surface area contributed by atoms with E-state index >= 15 is 0 Å². The quantitative estimate of drug-likeness (QED) is 0.263. The van der Waals surface area contributed by atoms with Gasteiger partial charge in [0.05, 0.1) is 12.6 Å².